The lowest BCUT2D eigenvalue weighted by molar-refractivity contribution is 0.157. The van der Waals surface area contributed by atoms with Crippen LogP contribution in [0.3, 0.4) is 0 Å². The molecular formula is C10H21NO4S. The molecule has 0 aromatic carbocycles. The fraction of sp³-hybridized carbons (Fsp3) is 1.00. The van der Waals surface area contributed by atoms with Crippen LogP contribution in [0.2, 0.25) is 0 Å². The van der Waals surface area contributed by atoms with Crippen LogP contribution in [-0.4, -0.2) is 56.0 Å². The summed E-state index contributed by atoms with van der Waals surface area (Å²) >= 11 is 0. The van der Waals surface area contributed by atoms with Crippen LogP contribution in [0.25, 0.3) is 0 Å². The van der Waals surface area contributed by atoms with E-state index in [4.69, 9.17) is 4.74 Å². The fourth-order valence-corrected chi connectivity index (χ4v) is 3.78. The molecule has 2 unspecified atom stereocenters. The zero-order chi connectivity index (χ0) is 12.2. The molecular weight excluding hydrogens is 230 g/mol. The zero-order valence-electron chi connectivity index (χ0n) is 9.92. The summed E-state index contributed by atoms with van der Waals surface area (Å²) in [6, 6.07) is -0.0399. The van der Waals surface area contributed by atoms with E-state index < -0.39 is 16.1 Å². The average Bonchev–Trinajstić information content (AvgIpc) is 2.62. The number of sulfonamides is 1. The van der Waals surface area contributed by atoms with Crippen LogP contribution in [0.4, 0.5) is 0 Å². The summed E-state index contributed by atoms with van der Waals surface area (Å²) in [6.07, 6.45) is 1.79. The summed E-state index contributed by atoms with van der Waals surface area (Å²) in [5.74, 6) is 0.0276. The molecule has 6 heteroatoms. The minimum absolute atomic E-state index is 0.0276. The smallest absolute Gasteiger partial charge is 0.216 e. The van der Waals surface area contributed by atoms with Crippen molar-refractivity contribution in [1.82, 2.24) is 4.31 Å². The van der Waals surface area contributed by atoms with Gasteiger partial charge in [0.1, 0.15) is 0 Å². The Kier molecular flexibility index (Phi) is 5.17. The molecule has 1 aliphatic heterocycles. The van der Waals surface area contributed by atoms with Crippen molar-refractivity contribution < 1.29 is 18.3 Å². The van der Waals surface area contributed by atoms with Crippen molar-refractivity contribution in [3.05, 3.63) is 0 Å². The maximum Gasteiger partial charge on any atom is 0.216 e. The van der Waals surface area contributed by atoms with Gasteiger partial charge in [-0.3, -0.25) is 0 Å². The molecule has 0 spiro atoms. The summed E-state index contributed by atoms with van der Waals surface area (Å²) in [6.45, 7) is 2.49. The molecule has 0 saturated carbocycles. The Labute approximate surface area is 97.4 Å². The second kappa shape index (κ2) is 5.95. The lowest BCUT2D eigenvalue weighted by atomic mass is 10.1. The van der Waals surface area contributed by atoms with Crippen molar-refractivity contribution >= 4 is 10.0 Å². The maximum atomic E-state index is 11.9. The van der Waals surface area contributed by atoms with E-state index in [0.717, 1.165) is 12.8 Å². The summed E-state index contributed by atoms with van der Waals surface area (Å²) in [5.41, 5.74) is 0. The molecule has 1 N–H and O–H groups in total. The molecule has 16 heavy (non-hydrogen) atoms. The predicted molar refractivity (Wildman–Crippen MR) is 61.7 cm³/mol. The van der Waals surface area contributed by atoms with Crippen molar-refractivity contribution in [3.63, 3.8) is 0 Å². The second-order valence-electron chi connectivity index (χ2n) is 4.30. The fourth-order valence-electron chi connectivity index (χ4n) is 2.11. The predicted octanol–water partition coefficient (Wildman–Crippen LogP) is 0.198. The number of nitrogens with zero attached hydrogens (tertiary/aromatic N) is 1. The average molecular weight is 251 g/mol. The van der Waals surface area contributed by atoms with Gasteiger partial charge >= 0.3 is 0 Å². The van der Waals surface area contributed by atoms with Crippen LogP contribution in [0.15, 0.2) is 0 Å². The Hall–Kier alpha value is -0.170. The minimum Gasteiger partial charge on any atom is -0.393 e. The van der Waals surface area contributed by atoms with E-state index in [1.54, 1.807) is 6.92 Å². The third kappa shape index (κ3) is 3.69. The van der Waals surface area contributed by atoms with E-state index in [-0.39, 0.29) is 18.4 Å². The largest absolute Gasteiger partial charge is 0.393 e. The van der Waals surface area contributed by atoms with E-state index >= 15 is 0 Å². The molecule has 0 radical (unpaired) electrons. The number of rotatable bonds is 6. The van der Waals surface area contributed by atoms with E-state index in [2.05, 4.69) is 0 Å². The van der Waals surface area contributed by atoms with Crippen LogP contribution in [-0.2, 0) is 14.8 Å². The van der Waals surface area contributed by atoms with Gasteiger partial charge in [0.05, 0.1) is 18.5 Å². The first-order valence-electron chi connectivity index (χ1n) is 5.64. The normalized spacial score (nSPS) is 24.8. The van der Waals surface area contributed by atoms with Gasteiger partial charge in [-0.25, -0.2) is 8.42 Å². The van der Waals surface area contributed by atoms with Crippen LogP contribution in [0, 0.1) is 0 Å². The van der Waals surface area contributed by atoms with E-state index in [1.165, 1.54) is 11.4 Å². The molecule has 96 valence electrons. The maximum absolute atomic E-state index is 11.9. The third-order valence-corrected chi connectivity index (χ3v) is 4.72. The molecule has 5 nitrogen and oxygen atoms in total. The second-order valence-corrected chi connectivity index (χ2v) is 6.34. The molecule has 0 aromatic rings. The number of ether oxygens (including phenoxy) is 1. The summed E-state index contributed by atoms with van der Waals surface area (Å²) in [7, 11) is -1.73. The highest BCUT2D eigenvalue weighted by molar-refractivity contribution is 7.89. The summed E-state index contributed by atoms with van der Waals surface area (Å²) < 4.78 is 30.2. The van der Waals surface area contributed by atoms with Crippen LogP contribution in [0.1, 0.15) is 26.2 Å². The van der Waals surface area contributed by atoms with Gasteiger partial charge < -0.3 is 9.84 Å². The molecule has 1 heterocycles. The first-order valence-corrected chi connectivity index (χ1v) is 7.25. The van der Waals surface area contributed by atoms with Crippen molar-refractivity contribution in [2.24, 2.45) is 0 Å². The van der Waals surface area contributed by atoms with Crippen molar-refractivity contribution in [2.75, 3.05) is 26.0 Å². The monoisotopic (exact) mass is 251 g/mol. The lowest BCUT2D eigenvalue weighted by Gasteiger charge is -2.24. The minimum atomic E-state index is -3.22. The zero-order valence-corrected chi connectivity index (χ0v) is 10.7. The van der Waals surface area contributed by atoms with Gasteiger partial charge in [0.25, 0.3) is 0 Å². The van der Waals surface area contributed by atoms with Gasteiger partial charge in [0.2, 0.25) is 10.0 Å². The van der Waals surface area contributed by atoms with Crippen LogP contribution >= 0.6 is 0 Å². The Morgan fingerprint density at radius 3 is 2.81 bits per heavy atom. The van der Waals surface area contributed by atoms with Crippen LogP contribution < -0.4 is 0 Å². The van der Waals surface area contributed by atoms with Gasteiger partial charge in [-0.15, -0.1) is 0 Å². The number of hydrogen-bond donors (Lipinski definition) is 1. The SMILES string of the molecule is COCCS(=O)(=O)N1CCCC1CC(C)O. The highest BCUT2D eigenvalue weighted by Gasteiger charge is 2.34. The third-order valence-electron chi connectivity index (χ3n) is 2.84. The molecule has 0 bridgehead atoms. The molecule has 1 fully saturated rings. The molecule has 2 atom stereocenters. The molecule has 0 aromatic heterocycles. The molecule has 1 rings (SSSR count). The molecule has 1 aliphatic rings. The number of aliphatic hydroxyl groups excluding tert-OH is 1. The van der Waals surface area contributed by atoms with Gasteiger partial charge in [0, 0.05) is 19.7 Å². The van der Waals surface area contributed by atoms with Gasteiger partial charge in [-0.2, -0.15) is 4.31 Å². The van der Waals surface area contributed by atoms with E-state index in [0.29, 0.717) is 13.0 Å². The molecule has 0 amide bonds. The lowest BCUT2D eigenvalue weighted by Crippen LogP contribution is -2.39. The number of aliphatic hydroxyl groups is 1. The highest BCUT2D eigenvalue weighted by atomic mass is 32.2. The Balaban J connectivity index is 2.63. The van der Waals surface area contributed by atoms with Crippen LogP contribution in [0.5, 0.6) is 0 Å². The standard InChI is InChI=1S/C10H21NO4S/c1-9(12)8-10-4-3-5-11(10)16(13,14)7-6-15-2/h9-10,12H,3-8H2,1-2H3. The van der Waals surface area contributed by atoms with E-state index in [1.807, 2.05) is 0 Å². The Morgan fingerprint density at radius 2 is 2.25 bits per heavy atom. The van der Waals surface area contributed by atoms with Gasteiger partial charge in [-0.1, -0.05) is 0 Å². The van der Waals surface area contributed by atoms with Gasteiger partial charge in [-0.05, 0) is 26.2 Å². The first kappa shape index (κ1) is 13.9. The number of hydrogen-bond acceptors (Lipinski definition) is 4. The summed E-state index contributed by atoms with van der Waals surface area (Å²) in [4.78, 5) is 0. The van der Waals surface area contributed by atoms with E-state index in [9.17, 15) is 13.5 Å². The quantitative estimate of drug-likeness (QED) is 0.732. The molecule has 1 saturated heterocycles. The number of methoxy groups -OCH3 is 1. The molecule has 0 aliphatic carbocycles. The van der Waals surface area contributed by atoms with Gasteiger partial charge in [0.15, 0.2) is 0 Å². The van der Waals surface area contributed by atoms with Crippen molar-refractivity contribution in [3.8, 4) is 0 Å². The topological polar surface area (TPSA) is 66.8 Å². The highest BCUT2D eigenvalue weighted by Crippen LogP contribution is 2.24. The first-order chi connectivity index (χ1) is 7.47. The van der Waals surface area contributed by atoms with Crippen molar-refractivity contribution in [1.29, 1.82) is 0 Å². The Bertz CT molecular complexity index is 302. The Morgan fingerprint density at radius 1 is 1.56 bits per heavy atom. The van der Waals surface area contributed by atoms with Crippen molar-refractivity contribution in [2.45, 2.75) is 38.3 Å². The summed E-state index contributed by atoms with van der Waals surface area (Å²) in [5, 5.41) is 9.33.